The number of esters is 1. The minimum atomic E-state index is -0.417. The van der Waals surface area contributed by atoms with E-state index in [-0.39, 0.29) is 18.8 Å². The van der Waals surface area contributed by atoms with Crippen LogP contribution in [0.15, 0.2) is 41.1 Å². The number of nitrogens with zero attached hydrogens (tertiary/aromatic N) is 1. The van der Waals surface area contributed by atoms with E-state index >= 15 is 0 Å². The Labute approximate surface area is 171 Å². The maximum atomic E-state index is 12.6. The fourth-order valence-corrected chi connectivity index (χ4v) is 3.86. The van der Waals surface area contributed by atoms with E-state index in [1.54, 1.807) is 18.2 Å². The van der Waals surface area contributed by atoms with Crippen molar-refractivity contribution < 1.29 is 14.3 Å². The summed E-state index contributed by atoms with van der Waals surface area (Å²) in [6.07, 6.45) is 0.166. The zero-order valence-corrected chi connectivity index (χ0v) is 17.1. The molecular formula is C20H17Cl2NO3S. The molecule has 0 radical (unpaired) electrons. The Bertz CT molecular complexity index is 993. The van der Waals surface area contributed by atoms with Crippen molar-refractivity contribution in [2.24, 2.45) is 0 Å². The van der Waals surface area contributed by atoms with E-state index in [0.717, 1.165) is 22.6 Å². The quantitative estimate of drug-likeness (QED) is 0.393. The number of hydrogen-bond acceptors (Lipinski definition) is 4. The largest absolute Gasteiger partial charge is 0.457 e. The van der Waals surface area contributed by atoms with Crippen LogP contribution in [0, 0.1) is 13.8 Å². The van der Waals surface area contributed by atoms with Crippen LogP contribution in [0.1, 0.15) is 27.3 Å². The van der Waals surface area contributed by atoms with Crippen LogP contribution in [-0.2, 0) is 16.0 Å². The highest BCUT2D eigenvalue weighted by molar-refractivity contribution is 7.08. The molecule has 2 aromatic heterocycles. The third kappa shape index (κ3) is 4.43. The number of Topliss-reactive ketones (excluding diaryl/α,β-unsaturated/α-hetero) is 1. The van der Waals surface area contributed by atoms with Gasteiger partial charge in [-0.25, -0.2) is 0 Å². The Morgan fingerprint density at radius 1 is 1.11 bits per heavy atom. The molecule has 2 heterocycles. The second kappa shape index (κ2) is 8.30. The average Bonchev–Trinajstić information content (AvgIpc) is 3.23. The van der Waals surface area contributed by atoms with Gasteiger partial charge in [-0.2, -0.15) is 11.3 Å². The van der Waals surface area contributed by atoms with Gasteiger partial charge in [-0.05, 0) is 60.5 Å². The minimum Gasteiger partial charge on any atom is -0.457 e. The molecule has 0 saturated carbocycles. The molecule has 0 aliphatic carbocycles. The van der Waals surface area contributed by atoms with Crippen LogP contribution in [0.5, 0.6) is 0 Å². The van der Waals surface area contributed by atoms with Crippen molar-refractivity contribution in [1.29, 1.82) is 0 Å². The highest BCUT2D eigenvalue weighted by Crippen LogP contribution is 2.27. The lowest BCUT2D eigenvalue weighted by molar-refractivity contribution is -0.141. The monoisotopic (exact) mass is 421 g/mol. The van der Waals surface area contributed by atoms with Gasteiger partial charge in [0.05, 0.1) is 16.5 Å². The van der Waals surface area contributed by atoms with Gasteiger partial charge in [-0.3, -0.25) is 9.59 Å². The molecule has 0 unspecified atom stereocenters. The molecule has 0 bridgehead atoms. The van der Waals surface area contributed by atoms with Crippen LogP contribution >= 0.6 is 34.5 Å². The van der Waals surface area contributed by atoms with Crippen LogP contribution in [0.4, 0.5) is 0 Å². The maximum Gasteiger partial charge on any atom is 0.310 e. The molecule has 140 valence electrons. The number of ether oxygens (including phenoxy) is 1. The molecule has 3 rings (SSSR count). The van der Waals surface area contributed by atoms with Gasteiger partial charge in [0.1, 0.15) is 0 Å². The summed E-state index contributed by atoms with van der Waals surface area (Å²) in [7, 11) is 0. The predicted molar refractivity (Wildman–Crippen MR) is 109 cm³/mol. The Kier molecular flexibility index (Phi) is 6.05. The summed E-state index contributed by atoms with van der Waals surface area (Å²) in [6.45, 7) is 3.46. The van der Waals surface area contributed by atoms with Crippen LogP contribution in [0.2, 0.25) is 10.0 Å². The first-order valence-electron chi connectivity index (χ1n) is 8.21. The van der Waals surface area contributed by atoms with Crippen molar-refractivity contribution in [1.82, 2.24) is 4.57 Å². The molecule has 4 nitrogen and oxygen atoms in total. The third-order valence-electron chi connectivity index (χ3n) is 4.19. The number of carbonyl (C=O) groups is 2. The van der Waals surface area contributed by atoms with Crippen molar-refractivity contribution in [3.05, 3.63) is 73.7 Å². The molecule has 7 heteroatoms. The number of rotatable bonds is 6. The van der Waals surface area contributed by atoms with Gasteiger partial charge in [0.2, 0.25) is 5.78 Å². The zero-order valence-electron chi connectivity index (χ0n) is 14.8. The topological polar surface area (TPSA) is 48.3 Å². The number of ketones is 1. The van der Waals surface area contributed by atoms with E-state index in [2.05, 4.69) is 0 Å². The van der Waals surface area contributed by atoms with E-state index in [9.17, 15) is 9.59 Å². The Balaban J connectivity index is 1.74. The molecule has 0 saturated heterocycles. The zero-order chi connectivity index (χ0) is 19.6. The highest BCUT2D eigenvalue weighted by atomic mass is 35.5. The summed E-state index contributed by atoms with van der Waals surface area (Å²) in [5, 5.41) is 4.69. The van der Waals surface area contributed by atoms with Crippen molar-refractivity contribution in [2.45, 2.75) is 20.3 Å². The third-order valence-corrected chi connectivity index (χ3v) is 5.66. The fourth-order valence-electron chi connectivity index (χ4n) is 2.90. The van der Waals surface area contributed by atoms with Gasteiger partial charge in [0, 0.05) is 22.6 Å². The number of halogens is 2. The molecule has 0 atom stereocenters. The van der Waals surface area contributed by atoms with E-state index in [1.165, 1.54) is 11.3 Å². The number of benzene rings is 1. The second-order valence-corrected chi connectivity index (χ2v) is 7.71. The van der Waals surface area contributed by atoms with Crippen molar-refractivity contribution >= 4 is 46.3 Å². The van der Waals surface area contributed by atoms with E-state index < -0.39 is 5.97 Å². The number of aromatic nitrogens is 1. The van der Waals surface area contributed by atoms with Crippen LogP contribution in [0.3, 0.4) is 0 Å². The molecule has 0 fully saturated rings. The molecule has 0 spiro atoms. The van der Waals surface area contributed by atoms with Gasteiger partial charge in [-0.1, -0.05) is 23.2 Å². The molecule has 0 aliphatic rings. The van der Waals surface area contributed by atoms with Crippen molar-refractivity contribution in [2.75, 3.05) is 6.61 Å². The van der Waals surface area contributed by atoms with E-state index in [1.807, 2.05) is 41.3 Å². The number of carbonyl (C=O) groups excluding carboxylic acids is 2. The van der Waals surface area contributed by atoms with E-state index in [4.69, 9.17) is 27.9 Å². The number of hydrogen-bond donors (Lipinski definition) is 0. The lowest BCUT2D eigenvalue weighted by atomic mass is 10.1. The predicted octanol–water partition coefficient (Wildman–Crippen LogP) is 5.43. The average molecular weight is 422 g/mol. The first-order valence-corrected chi connectivity index (χ1v) is 9.91. The molecular weight excluding hydrogens is 405 g/mol. The summed E-state index contributed by atoms with van der Waals surface area (Å²) in [4.78, 5) is 24.4. The lowest BCUT2D eigenvalue weighted by Gasteiger charge is -2.11. The minimum absolute atomic E-state index is 0.166. The molecule has 1 aromatic carbocycles. The Morgan fingerprint density at radius 2 is 1.89 bits per heavy atom. The molecule has 0 aliphatic heterocycles. The van der Waals surface area contributed by atoms with Crippen molar-refractivity contribution in [3.63, 3.8) is 0 Å². The van der Waals surface area contributed by atoms with Crippen LogP contribution in [-0.4, -0.2) is 22.9 Å². The summed E-state index contributed by atoms with van der Waals surface area (Å²) in [6, 6.07) is 8.94. The normalized spacial score (nSPS) is 10.8. The smallest absolute Gasteiger partial charge is 0.310 e. The van der Waals surface area contributed by atoms with Gasteiger partial charge in [0.25, 0.3) is 0 Å². The maximum absolute atomic E-state index is 12.6. The number of aryl methyl sites for hydroxylation is 1. The molecule has 0 amide bonds. The second-order valence-electron chi connectivity index (χ2n) is 6.11. The first-order chi connectivity index (χ1) is 12.9. The summed E-state index contributed by atoms with van der Waals surface area (Å²) < 4.78 is 7.06. The van der Waals surface area contributed by atoms with Gasteiger partial charge in [-0.15, -0.1) is 0 Å². The van der Waals surface area contributed by atoms with Gasteiger partial charge < -0.3 is 9.30 Å². The highest BCUT2D eigenvalue weighted by Gasteiger charge is 2.18. The van der Waals surface area contributed by atoms with Crippen LogP contribution in [0.25, 0.3) is 5.69 Å². The Morgan fingerprint density at radius 3 is 2.56 bits per heavy atom. The first kappa shape index (κ1) is 19.7. The van der Waals surface area contributed by atoms with Crippen LogP contribution < -0.4 is 0 Å². The molecule has 3 aromatic rings. The molecule has 27 heavy (non-hydrogen) atoms. The number of thiophene rings is 1. The van der Waals surface area contributed by atoms with Gasteiger partial charge in [0.15, 0.2) is 6.61 Å². The summed E-state index contributed by atoms with van der Waals surface area (Å²) in [5.41, 5.74) is 3.84. The summed E-state index contributed by atoms with van der Waals surface area (Å²) >= 11 is 13.6. The van der Waals surface area contributed by atoms with Crippen molar-refractivity contribution in [3.8, 4) is 5.69 Å². The summed E-state index contributed by atoms with van der Waals surface area (Å²) in [5.74, 6) is -0.659. The standard InChI is InChI=1S/C20H17Cl2NO3S/c1-12-7-16(13(2)23(12)15-3-4-17(21)18(22)9-15)19(24)10-26-20(25)8-14-5-6-27-11-14/h3-7,9,11H,8,10H2,1-2H3. The Hall–Kier alpha value is -2.08. The van der Waals surface area contributed by atoms with Gasteiger partial charge >= 0.3 is 5.97 Å². The fraction of sp³-hybridized carbons (Fsp3) is 0.200. The lowest BCUT2D eigenvalue weighted by Crippen LogP contribution is -2.16. The SMILES string of the molecule is Cc1cc(C(=O)COC(=O)Cc2ccsc2)c(C)n1-c1ccc(Cl)c(Cl)c1. The molecule has 0 N–H and O–H groups in total. The van der Waals surface area contributed by atoms with E-state index in [0.29, 0.717) is 15.6 Å².